The lowest BCUT2D eigenvalue weighted by Crippen LogP contribution is -2.36. The van der Waals surface area contributed by atoms with Crippen LogP contribution in [0.3, 0.4) is 0 Å². The van der Waals surface area contributed by atoms with Crippen molar-refractivity contribution in [3.63, 3.8) is 0 Å². The molecule has 0 heterocycles. The van der Waals surface area contributed by atoms with E-state index >= 15 is 0 Å². The number of carbonyl (C=O) groups is 1. The van der Waals surface area contributed by atoms with Gasteiger partial charge in [0.25, 0.3) is 0 Å². The number of nitrogens with two attached hydrogens (primary N) is 1. The van der Waals surface area contributed by atoms with E-state index in [1.807, 2.05) is 13.8 Å². The molecule has 0 fully saturated rings. The number of benzene rings is 1. The fourth-order valence-electron chi connectivity index (χ4n) is 1.61. The highest BCUT2D eigenvalue weighted by molar-refractivity contribution is 9.10. The van der Waals surface area contributed by atoms with Gasteiger partial charge in [0, 0.05) is 10.2 Å². The van der Waals surface area contributed by atoms with Gasteiger partial charge < -0.3 is 11.1 Å². The van der Waals surface area contributed by atoms with E-state index < -0.39 is 6.04 Å². The zero-order chi connectivity index (χ0) is 13.7. The van der Waals surface area contributed by atoms with Gasteiger partial charge in [-0.3, -0.25) is 4.79 Å². The van der Waals surface area contributed by atoms with Crippen LogP contribution < -0.4 is 11.1 Å². The second kappa shape index (κ2) is 6.41. The fraction of sp³-hybridized carbons (Fsp3) is 0.385. The van der Waals surface area contributed by atoms with Crippen molar-refractivity contribution < 1.29 is 4.79 Å². The van der Waals surface area contributed by atoms with Crippen LogP contribution in [0.2, 0.25) is 0 Å². The van der Waals surface area contributed by atoms with Crippen LogP contribution in [0.4, 0.5) is 5.69 Å². The number of nitriles is 1. The van der Waals surface area contributed by atoms with Gasteiger partial charge in [0.1, 0.15) is 12.1 Å². The molecule has 1 aromatic rings. The zero-order valence-electron chi connectivity index (χ0n) is 10.4. The van der Waals surface area contributed by atoms with Gasteiger partial charge in [-0.05, 0) is 46.5 Å². The summed E-state index contributed by atoms with van der Waals surface area (Å²) in [4.78, 5) is 11.3. The fourth-order valence-corrected chi connectivity index (χ4v) is 2.08. The number of halogens is 1. The topological polar surface area (TPSA) is 78.9 Å². The number of rotatable bonds is 5. The van der Waals surface area contributed by atoms with E-state index in [-0.39, 0.29) is 5.91 Å². The predicted octanol–water partition coefficient (Wildman–Crippen LogP) is 2.63. The molecule has 0 aliphatic carbocycles. The molecule has 1 amide bonds. The Kier molecular flexibility index (Phi) is 5.17. The van der Waals surface area contributed by atoms with Gasteiger partial charge in [0.2, 0.25) is 5.91 Å². The Morgan fingerprint density at radius 3 is 2.67 bits per heavy atom. The van der Waals surface area contributed by atoms with E-state index in [4.69, 9.17) is 11.0 Å². The summed E-state index contributed by atoms with van der Waals surface area (Å²) in [5.41, 5.74) is 6.69. The number of carbonyl (C=O) groups excluding carboxylic acids is 1. The number of hydrogen-bond acceptors (Lipinski definition) is 3. The molecule has 3 N–H and O–H groups in total. The summed E-state index contributed by atoms with van der Waals surface area (Å²) in [6.07, 6.45) is 0.674. The Balaban J connectivity index is 2.85. The van der Waals surface area contributed by atoms with Gasteiger partial charge in [-0.1, -0.05) is 13.8 Å². The smallest absolute Gasteiger partial charge is 0.239 e. The third kappa shape index (κ3) is 4.04. The summed E-state index contributed by atoms with van der Waals surface area (Å²) in [6.45, 7) is 4.07. The van der Waals surface area contributed by atoms with E-state index in [0.29, 0.717) is 22.4 Å². The minimum Gasteiger partial charge on any atom is -0.374 e. The molecule has 0 spiro atoms. The quantitative estimate of drug-likeness (QED) is 0.877. The molecule has 1 aromatic carbocycles. The van der Waals surface area contributed by atoms with Crippen molar-refractivity contribution in [2.45, 2.75) is 26.3 Å². The van der Waals surface area contributed by atoms with Gasteiger partial charge in [0.05, 0.1) is 5.56 Å². The van der Waals surface area contributed by atoms with Crippen molar-refractivity contribution in [1.82, 2.24) is 0 Å². The molecule has 1 atom stereocenters. The molecule has 1 unspecified atom stereocenters. The molecule has 0 radical (unpaired) electrons. The number of anilines is 1. The molecule has 1 rings (SSSR count). The zero-order valence-corrected chi connectivity index (χ0v) is 12.0. The lowest BCUT2D eigenvalue weighted by molar-refractivity contribution is -0.119. The van der Waals surface area contributed by atoms with Gasteiger partial charge in [-0.15, -0.1) is 0 Å². The first-order valence-electron chi connectivity index (χ1n) is 5.69. The Morgan fingerprint density at radius 1 is 1.56 bits per heavy atom. The second-order valence-electron chi connectivity index (χ2n) is 4.54. The molecule has 0 aromatic heterocycles. The normalized spacial score (nSPS) is 11.9. The van der Waals surface area contributed by atoms with Crippen molar-refractivity contribution in [3.05, 3.63) is 28.2 Å². The number of amides is 1. The average molecular weight is 310 g/mol. The lowest BCUT2D eigenvalue weighted by Gasteiger charge is -2.18. The van der Waals surface area contributed by atoms with Gasteiger partial charge >= 0.3 is 0 Å². The molecule has 0 aliphatic rings. The van der Waals surface area contributed by atoms with E-state index in [0.717, 1.165) is 5.69 Å². The number of hydrogen-bond donors (Lipinski definition) is 2. The van der Waals surface area contributed by atoms with Gasteiger partial charge in [-0.2, -0.15) is 5.26 Å². The van der Waals surface area contributed by atoms with Crippen LogP contribution in [0.1, 0.15) is 25.8 Å². The van der Waals surface area contributed by atoms with Crippen LogP contribution in [0, 0.1) is 17.2 Å². The third-order valence-electron chi connectivity index (χ3n) is 2.48. The standard InChI is InChI=1S/C13H16BrN3O/c1-8(2)5-12(13(16)18)17-10-4-3-9(7-15)11(14)6-10/h3-4,6,8,12,17H,5H2,1-2H3,(H2,16,18). The highest BCUT2D eigenvalue weighted by Crippen LogP contribution is 2.22. The molecule has 96 valence electrons. The first-order chi connectivity index (χ1) is 8.43. The summed E-state index contributed by atoms with van der Waals surface area (Å²) in [5, 5.41) is 11.9. The highest BCUT2D eigenvalue weighted by atomic mass is 79.9. The first kappa shape index (κ1) is 14.5. The Bertz CT molecular complexity index is 480. The van der Waals surface area contributed by atoms with E-state index in [1.54, 1.807) is 18.2 Å². The van der Waals surface area contributed by atoms with Gasteiger partial charge in [-0.25, -0.2) is 0 Å². The Labute approximate surface area is 115 Å². The van der Waals surface area contributed by atoms with Crippen molar-refractivity contribution in [2.75, 3.05) is 5.32 Å². The third-order valence-corrected chi connectivity index (χ3v) is 3.14. The summed E-state index contributed by atoms with van der Waals surface area (Å²) in [5.74, 6) is 0.000930. The van der Waals surface area contributed by atoms with Crippen LogP contribution in [0.15, 0.2) is 22.7 Å². The Morgan fingerprint density at radius 2 is 2.22 bits per heavy atom. The average Bonchev–Trinajstić information content (AvgIpc) is 2.27. The largest absolute Gasteiger partial charge is 0.374 e. The number of primary amides is 1. The molecular weight excluding hydrogens is 294 g/mol. The first-order valence-corrected chi connectivity index (χ1v) is 6.48. The maximum atomic E-state index is 11.3. The molecule has 4 nitrogen and oxygen atoms in total. The monoisotopic (exact) mass is 309 g/mol. The molecule has 5 heteroatoms. The van der Waals surface area contributed by atoms with Gasteiger partial charge in [0.15, 0.2) is 0 Å². The molecule has 0 saturated carbocycles. The van der Waals surface area contributed by atoms with E-state index in [9.17, 15) is 4.79 Å². The highest BCUT2D eigenvalue weighted by Gasteiger charge is 2.16. The molecule has 0 saturated heterocycles. The molecule has 18 heavy (non-hydrogen) atoms. The maximum absolute atomic E-state index is 11.3. The Hall–Kier alpha value is -1.54. The maximum Gasteiger partial charge on any atom is 0.239 e. The SMILES string of the molecule is CC(C)CC(Nc1ccc(C#N)c(Br)c1)C(N)=O. The molecule has 0 aliphatic heterocycles. The second-order valence-corrected chi connectivity index (χ2v) is 5.39. The minimum atomic E-state index is -0.398. The van der Waals surface area contributed by atoms with Crippen LogP contribution in [-0.2, 0) is 4.79 Å². The lowest BCUT2D eigenvalue weighted by atomic mass is 10.0. The van der Waals surface area contributed by atoms with Crippen molar-refractivity contribution in [1.29, 1.82) is 5.26 Å². The van der Waals surface area contributed by atoms with Crippen LogP contribution >= 0.6 is 15.9 Å². The summed E-state index contributed by atoms with van der Waals surface area (Å²) in [6, 6.07) is 6.90. The van der Waals surface area contributed by atoms with Crippen molar-refractivity contribution >= 4 is 27.5 Å². The predicted molar refractivity (Wildman–Crippen MR) is 74.9 cm³/mol. The summed E-state index contributed by atoms with van der Waals surface area (Å²) >= 11 is 3.31. The minimum absolute atomic E-state index is 0.371. The van der Waals surface area contributed by atoms with E-state index in [1.165, 1.54) is 0 Å². The van der Waals surface area contributed by atoms with Crippen LogP contribution in [0.5, 0.6) is 0 Å². The number of nitrogens with zero attached hydrogens (tertiary/aromatic N) is 1. The van der Waals surface area contributed by atoms with Crippen molar-refractivity contribution in [2.24, 2.45) is 11.7 Å². The van der Waals surface area contributed by atoms with Crippen LogP contribution in [-0.4, -0.2) is 11.9 Å². The van der Waals surface area contributed by atoms with E-state index in [2.05, 4.69) is 27.3 Å². The summed E-state index contributed by atoms with van der Waals surface area (Å²) in [7, 11) is 0. The van der Waals surface area contributed by atoms with Crippen LogP contribution in [0.25, 0.3) is 0 Å². The number of nitrogens with one attached hydrogen (secondary N) is 1. The van der Waals surface area contributed by atoms with Crippen molar-refractivity contribution in [3.8, 4) is 6.07 Å². The summed E-state index contributed by atoms with van der Waals surface area (Å²) < 4.78 is 0.697. The molecular formula is C13H16BrN3O. The molecule has 0 bridgehead atoms.